The van der Waals surface area contributed by atoms with Crippen molar-refractivity contribution in [3.63, 3.8) is 0 Å². The summed E-state index contributed by atoms with van der Waals surface area (Å²) in [5, 5.41) is 2.66. The molecule has 0 aliphatic rings. The molecule has 2 rings (SSSR count). The minimum Gasteiger partial charge on any atom is -0.352 e. The first-order chi connectivity index (χ1) is 11.8. The lowest BCUT2D eigenvalue weighted by Gasteiger charge is -2.10. The van der Waals surface area contributed by atoms with Gasteiger partial charge in [0.05, 0.1) is 5.56 Å². The first kappa shape index (κ1) is 19.4. The lowest BCUT2D eigenvalue weighted by Crippen LogP contribution is -2.23. The number of nitrogens with one attached hydrogen (secondary N) is 1. The van der Waals surface area contributed by atoms with Gasteiger partial charge < -0.3 is 5.32 Å². The van der Waals surface area contributed by atoms with Crippen molar-refractivity contribution in [2.24, 2.45) is 0 Å². The number of carbonyl (C=O) groups is 1. The van der Waals surface area contributed by atoms with E-state index in [9.17, 15) is 18.0 Å². The average molecular weight is 367 g/mol. The van der Waals surface area contributed by atoms with Gasteiger partial charge in [-0.25, -0.2) is 0 Å². The van der Waals surface area contributed by atoms with Gasteiger partial charge in [-0.2, -0.15) is 13.2 Å². The van der Waals surface area contributed by atoms with E-state index in [1.54, 1.807) is 17.8 Å². The molecule has 6 heteroatoms. The third kappa shape index (κ3) is 6.12. The Bertz CT molecular complexity index is 744. The Labute approximate surface area is 149 Å². The van der Waals surface area contributed by atoms with E-state index in [1.165, 1.54) is 17.2 Å². The van der Waals surface area contributed by atoms with Crippen LogP contribution in [0.5, 0.6) is 0 Å². The summed E-state index contributed by atoms with van der Waals surface area (Å²) in [4.78, 5) is 13.0. The summed E-state index contributed by atoms with van der Waals surface area (Å²) < 4.78 is 38.0. The maximum Gasteiger partial charge on any atom is 0.416 e. The van der Waals surface area contributed by atoms with E-state index in [-0.39, 0.29) is 12.5 Å². The molecule has 0 atom stereocenters. The zero-order valence-electron chi connectivity index (χ0n) is 14.1. The van der Waals surface area contributed by atoms with Crippen LogP contribution in [0.2, 0.25) is 0 Å². The smallest absolute Gasteiger partial charge is 0.352 e. The monoisotopic (exact) mass is 367 g/mol. The van der Waals surface area contributed by atoms with Crippen LogP contribution in [0, 0.1) is 13.8 Å². The van der Waals surface area contributed by atoms with Gasteiger partial charge in [0.25, 0.3) is 0 Å². The van der Waals surface area contributed by atoms with Gasteiger partial charge in [-0.3, -0.25) is 4.79 Å². The lowest BCUT2D eigenvalue weighted by molar-refractivity contribution is -0.137. The fourth-order valence-corrected chi connectivity index (χ4v) is 3.16. The number of hydrogen-bond acceptors (Lipinski definition) is 2. The van der Waals surface area contributed by atoms with Crippen molar-refractivity contribution in [1.29, 1.82) is 0 Å². The topological polar surface area (TPSA) is 29.1 Å². The number of hydrogen-bond donors (Lipinski definition) is 1. The molecule has 1 amide bonds. The highest BCUT2D eigenvalue weighted by atomic mass is 32.2. The van der Waals surface area contributed by atoms with Crippen LogP contribution in [0.15, 0.2) is 47.4 Å². The highest BCUT2D eigenvalue weighted by molar-refractivity contribution is 7.99. The molecule has 0 aliphatic carbocycles. The molecule has 0 bridgehead atoms. The van der Waals surface area contributed by atoms with Gasteiger partial charge in [0.15, 0.2) is 0 Å². The summed E-state index contributed by atoms with van der Waals surface area (Å²) in [6.07, 6.45) is -4.06. The molecular weight excluding hydrogens is 347 g/mol. The van der Waals surface area contributed by atoms with Gasteiger partial charge in [0, 0.05) is 23.6 Å². The van der Waals surface area contributed by atoms with Gasteiger partial charge in [0.2, 0.25) is 5.91 Å². The highest BCUT2D eigenvalue weighted by Crippen LogP contribution is 2.29. The minimum absolute atomic E-state index is 0.0943. The van der Waals surface area contributed by atoms with E-state index in [0.29, 0.717) is 17.7 Å². The second-order valence-electron chi connectivity index (χ2n) is 5.82. The molecule has 0 heterocycles. The van der Waals surface area contributed by atoms with Crippen molar-refractivity contribution in [3.8, 4) is 0 Å². The largest absolute Gasteiger partial charge is 0.416 e. The fourth-order valence-electron chi connectivity index (χ4n) is 2.21. The fraction of sp³-hybridized carbons (Fsp3) is 0.316. The van der Waals surface area contributed by atoms with Crippen LogP contribution in [0.4, 0.5) is 13.2 Å². The molecule has 2 aromatic carbocycles. The van der Waals surface area contributed by atoms with Gasteiger partial charge in [-0.1, -0.05) is 18.2 Å². The number of halogens is 3. The molecule has 0 aromatic heterocycles. The quantitative estimate of drug-likeness (QED) is 0.718. The van der Waals surface area contributed by atoms with Crippen LogP contribution in [0.1, 0.15) is 28.7 Å². The standard InChI is InChI=1S/C19H20F3NOS/c1-13-6-7-17(10-14(13)2)25-9-8-18(24)23-12-15-4-3-5-16(11-15)19(20,21)22/h3-7,10-11H,8-9,12H2,1-2H3,(H,23,24). The second-order valence-corrected chi connectivity index (χ2v) is 6.99. The summed E-state index contributed by atoms with van der Waals surface area (Å²) in [7, 11) is 0. The lowest BCUT2D eigenvalue weighted by atomic mass is 10.1. The molecule has 0 fully saturated rings. The van der Waals surface area contributed by atoms with Crippen LogP contribution in [0.3, 0.4) is 0 Å². The number of benzene rings is 2. The number of carbonyl (C=O) groups excluding carboxylic acids is 1. The first-order valence-corrected chi connectivity index (χ1v) is 8.87. The SMILES string of the molecule is Cc1ccc(SCCC(=O)NCc2cccc(C(F)(F)F)c2)cc1C. The summed E-state index contributed by atoms with van der Waals surface area (Å²) >= 11 is 1.59. The molecule has 0 spiro atoms. The Kier molecular flexibility index (Phi) is 6.53. The predicted molar refractivity (Wildman–Crippen MR) is 94.5 cm³/mol. The summed E-state index contributed by atoms with van der Waals surface area (Å²) in [6.45, 7) is 4.18. The van der Waals surface area contributed by atoms with E-state index < -0.39 is 11.7 Å². The molecule has 0 saturated heterocycles. The van der Waals surface area contributed by atoms with Crippen LogP contribution >= 0.6 is 11.8 Å². The molecule has 1 N–H and O–H groups in total. The molecule has 0 aliphatic heterocycles. The van der Waals surface area contributed by atoms with Gasteiger partial charge in [-0.15, -0.1) is 11.8 Å². The van der Waals surface area contributed by atoms with Crippen LogP contribution in [-0.4, -0.2) is 11.7 Å². The molecule has 2 nitrogen and oxygen atoms in total. The first-order valence-electron chi connectivity index (χ1n) is 7.88. The highest BCUT2D eigenvalue weighted by Gasteiger charge is 2.30. The van der Waals surface area contributed by atoms with Crippen molar-refractivity contribution in [2.45, 2.75) is 37.9 Å². The van der Waals surface area contributed by atoms with E-state index >= 15 is 0 Å². The normalized spacial score (nSPS) is 11.4. The van der Waals surface area contributed by atoms with Crippen molar-refractivity contribution in [2.75, 3.05) is 5.75 Å². The Morgan fingerprint density at radius 1 is 1.08 bits per heavy atom. The van der Waals surface area contributed by atoms with E-state index in [2.05, 4.69) is 11.4 Å². The average Bonchev–Trinajstić information content (AvgIpc) is 2.56. The zero-order valence-corrected chi connectivity index (χ0v) is 14.9. The number of rotatable bonds is 6. The Balaban J connectivity index is 1.78. The summed E-state index contributed by atoms with van der Waals surface area (Å²) in [5.74, 6) is 0.449. The molecule has 0 saturated carbocycles. The van der Waals surface area contributed by atoms with E-state index in [1.807, 2.05) is 26.0 Å². The van der Waals surface area contributed by atoms with Crippen molar-refractivity contribution < 1.29 is 18.0 Å². The molecule has 25 heavy (non-hydrogen) atoms. The minimum atomic E-state index is -4.37. The third-order valence-electron chi connectivity index (χ3n) is 3.82. The number of aryl methyl sites for hydroxylation is 2. The van der Waals surface area contributed by atoms with E-state index in [0.717, 1.165) is 17.0 Å². The zero-order chi connectivity index (χ0) is 18.4. The third-order valence-corrected chi connectivity index (χ3v) is 4.82. The molecule has 0 radical (unpaired) electrons. The molecule has 134 valence electrons. The van der Waals surface area contributed by atoms with Gasteiger partial charge in [0.1, 0.15) is 0 Å². The van der Waals surface area contributed by atoms with Gasteiger partial charge >= 0.3 is 6.18 Å². The number of alkyl halides is 3. The summed E-state index contributed by atoms with van der Waals surface area (Å²) in [5.41, 5.74) is 2.16. The van der Waals surface area contributed by atoms with Crippen LogP contribution in [-0.2, 0) is 17.5 Å². The van der Waals surface area contributed by atoms with Crippen molar-refractivity contribution in [1.82, 2.24) is 5.32 Å². The summed E-state index contributed by atoms with van der Waals surface area (Å²) in [6, 6.07) is 11.1. The van der Waals surface area contributed by atoms with E-state index in [4.69, 9.17) is 0 Å². The Morgan fingerprint density at radius 3 is 2.52 bits per heavy atom. The van der Waals surface area contributed by atoms with Gasteiger partial charge in [-0.05, 0) is 54.8 Å². The van der Waals surface area contributed by atoms with Crippen molar-refractivity contribution >= 4 is 17.7 Å². The maximum absolute atomic E-state index is 12.7. The van der Waals surface area contributed by atoms with Crippen molar-refractivity contribution in [3.05, 3.63) is 64.7 Å². The Hall–Kier alpha value is -1.95. The van der Waals surface area contributed by atoms with Crippen LogP contribution < -0.4 is 5.32 Å². The number of amides is 1. The maximum atomic E-state index is 12.7. The molecule has 2 aromatic rings. The molecule has 0 unspecified atom stereocenters. The number of thioether (sulfide) groups is 1. The predicted octanol–water partition coefficient (Wildman–Crippen LogP) is 5.12. The Morgan fingerprint density at radius 2 is 1.84 bits per heavy atom. The molecular formula is C19H20F3NOS. The second kappa shape index (κ2) is 8.43. The van der Waals surface area contributed by atoms with Crippen LogP contribution in [0.25, 0.3) is 0 Å².